The lowest BCUT2D eigenvalue weighted by Crippen LogP contribution is -2.50. The summed E-state index contributed by atoms with van der Waals surface area (Å²) < 4.78 is 53.1. The Morgan fingerprint density at radius 2 is 1.67 bits per heavy atom. The number of nitriles is 1. The number of sulfonamides is 1. The number of halogens is 2. The number of hydrogen-bond donors (Lipinski definition) is 0. The molecule has 1 amide bonds. The molecule has 1 fully saturated rings. The van der Waals surface area contributed by atoms with E-state index in [9.17, 15) is 22.0 Å². The molecule has 140 valence electrons. The van der Waals surface area contributed by atoms with Crippen molar-refractivity contribution in [1.82, 2.24) is 9.21 Å². The van der Waals surface area contributed by atoms with Gasteiger partial charge in [-0.2, -0.15) is 9.57 Å². The quantitative estimate of drug-likeness (QED) is 0.801. The fraction of sp³-hybridized carbons (Fsp3) is 0.222. The van der Waals surface area contributed by atoms with E-state index >= 15 is 0 Å². The number of piperazine rings is 1. The van der Waals surface area contributed by atoms with Gasteiger partial charge in [-0.05, 0) is 30.3 Å². The van der Waals surface area contributed by atoms with Crippen LogP contribution in [0.15, 0.2) is 47.4 Å². The van der Waals surface area contributed by atoms with E-state index < -0.39 is 27.6 Å². The highest BCUT2D eigenvalue weighted by atomic mass is 32.2. The number of nitrogens with zero attached hydrogens (tertiary/aromatic N) is 3. The van der Waals surface area contributed by atoms with E-state index in [-0.39, 0.29) is 42.2 Å². The van der Waals surface area contributed by atoms with Crippen LogP contribution < -0.4 is 0 Å². The van der Waals surface area contributed by atoms with Crippen molar-refractivity contribution in [3.8, 4) is 6.07 Å². The number of benzene rings is 2. The predicted octanol–water partition coefficient (Wildman–Crippen LogP) is 1.98. The van der Waals surface area contributed by atoms with Crippen LogP contribution in [0.4, 0.5) is 8.78 Å². The molecule has 0 aliphatic carbocycles. The Balaban J connectivity index is 1.74. The lowest BCUT2D eigenvalue weighted by atomic mass is 10.1. The van der Waals surface area contributed by atoms with Crippen molar-refractivity contribution in [1.29, 1.82) is 5.26 Å². The lowest BCUT2D eigenvalue weighted by molar-refractivity contribution is 0.0697. The first-order valence-electron chi connectivity index (χ1n) is 8.08. The Hall–Kier alpha value is -2.83. The molecule has 0 radical (unpaired) electrons. The molecular formula is C18H15F2N3O3S. The third-order valence-corrected chi connectivity index (χ3v) is 6.27. The van der Waals surface area contributed by atoms with Crippen LogP contribution in [0.1, 0.15) is 15.9 Å². The first-order chi connectivity index (χ1) is 12.8. The van der Waals surface area contributed by atoms with Crippen LogP contribution in [-0.2, 0) is 10.0 Å². The highest BCUT2D eigenvalue weighted by Gasteiger charge is 2.32. The molecule has 2 aromatic carbocycles. The van der Waals surface area contributed by atoms with E-state index in [2.05, 4.69) is 0 Å². The molecule has 6 nitrogen and oxygen atoms in total. The first-order valence-corrected chi connectivity index (χ1v) is 9.52. The minimum atomic E-state index is -3.87. The molecule has 1 aliphatic rings. The zero-order valence-corrected chi connectivity index (χ0v) is 14.9. The molecule has 2 aromatic rings. The summed E-state index contributed by atoms with van der Waals surface area (Å²) in [6.07, 6.45) is 0. The summed E-state index contributed by atoms with van der Waals surface area (Å²) >= 11 is 0. The van der Waals surface area contributed by atoms with Crippen molar-refractivity contribution in [2.75, 3.05) is 26.2 Å². The summed E-state index contributed by atoms with van der Waals surface area (Å²) in [6, 6.07) is 10.7. The zero-order valence-electron chi connectivity index (χ0n) is 14.1. The van der Waals surface area contributed by atoms with Crippen LogP contribution in [-0.4, -0.2) is 49.7 Å². The Bertz CT molecular complexity index is 1030. The van der Waals surface area contributed by atoms with Gasteiger partial charge in [0.25, 0.3) is 5.91 Å². The average Bonchev–Trinajstić information content (AvgIpc) is 2.69. The Morgan fingerprint density at radius 3 is 2.30 bits per heavy atom. The van der Waals surface area contributed by atoms with Gasteiger partial charge in [0.1, 0.15) is 6.07 Å². The number of carbonyl (C=O) groups is 1. The lowest BCUT2D eigenvalue weighted by Gasteiger charge is -2.34. The van der Waals surface area contributed by atoms with Gasteiger partial charge in [0.05, 0.1) is 10.5 Å². The van der Waals surface area contributed by atoms with Crippen LogP contribution >= 0.6 is 0 Å². The van der Waals surface area contributed by atoms with Crippen molar-refractivity contribution in [2.24, 2.45) is 0 Å². The van der Waals surface area contributed by atoms with Crippen LogP contribution in [0.25, 0.3) is 0 Å². The number of rotatable bonds is 3. The number of carbonyl (C=O) groups excluding carboxylic acids is 1. The van der Waals surface area contributed by atoms with Gasteiger partial charge in [-0.25, -0.2) is 17.2 Å². The molecule has 0 bridgehead atoms. The second-order valence-corrected chi connectivity index (χ2v) is 7.84. The molecule has 1 heterocycles. The fourth-order valence-electron chi connectivity index (χ4n) is 2.87. The van der Waals surface area contributed by atoms with E-state index in [1.54, 1.807) is 6.07 Å². The Morgan fingerprint density at radius 1 is 1.00 bits per heavy atom. The summed E-state index contributed by atoms with van der Waals surface area (Å²) in [5, 5.41) is 9.12. The van der Waals surface area contributed by atoms with Crippen molar-refractivity contribution in [2.45, 2.75) is 4.90 Å². The molecule has 0 N–H and O–H groups in total. The average molecular weight is 391 g/mol. The Kier molecular flexibility index (Phi) is 5.21. The Labute approximate surface area is 155 Å². The molecule has 9 heteroatoms. The van der Waals surface area contributed by atoms with E-state index in [1.807, 2.05) is 6.07 Å². The summed E-state index contributed by atoms with van der Waals surface area (Å²) in [5.74, 6) is -2.66. The first kappa shape index (κ1) is 18.9. The number of amides is 1. The van der Waals surface area contributed by atoms with Crippen LogP contribution in [0, 0.1) is 23.0 Å². The second-order valence-electron chi connectivity index (χ2n) is 5.93. The van der Waals surface area contributed by atoms with Gasteiger partial charge in [0, 0.05) is 31.7 Å². The van der Waals surface area contributed by atoms with Gasteiger partial charge in [0.2, 0.25) is 10.0 Å². The van der Waals surface area contributed by atoms with Crippen LogP contribution in [0.3, 0.4) is 0 Å². The topological polar surface area (TPSA) is 81.5 Å². The third kappa shape index (κ3) is 3.67. The molecule has 0 unspecified atom stereocenters. The van der Waals surface area contributed by atoms with Crippen LogP contribution in [0.5, 0.6) is 0 Å². The van der Waals surface area contributed by atoms with Gasteiger partial charge in [-0.15, -0.1) is 0 Å². The normalized spacial score (nSPS) is 15.4. The maximum absolute atomic E-state index is 13.3. The van der Waals surface area contributed by atoms with Crippen molar-refractivity contribution in [3.05, 3.63) is 65.2 Å². The molecule has 0 saturated carbocycles. The SMILES string of the molecule is N#Cc1ccccc1S(=O)(=O)N1CCN(C(=O)c2ccc(F)c(F)c2)CC1. The van der Waals surface area contributed by atoms with Gasteiger partial charge in [-0.3, -0.25) is 4.79 Å². The third-order valence-electron chi connectivity index (χ3n) is 4.32. The predicted molar refractivity (Wildman–Crippen MR) is 92.2 cm³/mol. The van der Waals surface area contributed by atoms with Crippen LogP contribution in [0.2, 0.25) is 0 Å². The molecule has 1 saturated heterocycles. The van der Waals surface area contributed by atoms with E-state index in [1.165, 1.54) is 33.5 Å². The summed E-state index contributed by atoms with van der Waals surface area (Å²) in [5.41, 5.74) is 0.0535. The minimum Gasteiger partial charge on any atom is -0.336 e. The monoisotopic (exact) mass is 391 g/mol. The van der Waals surface area contributed by atoms with Crippen molar-refractivity contribution < 1.29 is 22.0 Å². The molecule has 27 heavy (non-hydrogen) atoms. The smallest absolute Gasteiger partial charge is 0.254 e. The largest absolute Gasteiger partial charge is 0.336 e. The standard InChI is InChI=1S/C18H15F2N3O3S/c19-15-6-5-13(11-16(15)20)18(24)22-7-9-23(10-8-22)27(25,26)17-4-2-1-3-14(17)12-21/h1-6,11H,7-10H2. The highest BCUT2D eigenvalue weighted by molar-refractivity contribution is 7.89. The second kappa shape index (κ2) is 7.42. The molecule has 0 spiro atoms. The summed E-state index contributed by atoms with van der Waals surface area (Å²) in [4.78, 5) is 13.7. The van der Waals surface area contributed by atoms with E-state index in [0.29, 0.717) is 0 Å². The van der Waals surface area contributed by atoms with E-state index in [0.717, 1.165) is 12.1 Å². The van der Waals surface area contributed by atoms with Crippen molar-refractivity contribution in [3.63, 3.8) is 0 Å². The van der Waals surface area contributed by atoms with Gasteiger partial charge in [-0.1, -0.05) is 12.1 Å². The molecule has 3 rings (SSSR count). The molecule has 0 aromatic heterocycles. The molecular weight excluding hydrogens is 376 g/mol. The van der Waals surface area contributed by atoms with Crippen molar-refractivity contribution >= 4 is 15.9 Å². The highest BCUT2D eigenvalue weighted by Crippen LogP contribution is 2.21. The van der Waals surface area contributed by atoms with E-state index in [4.69, 9.17) is 5.26 Å². The van der Waals surface area contributed by atoms with Gasteiger partial charge >= 0.3 is 0 Å². The number of hydrogen-bond acceptors (Lipinski definition) is 4. The summed E-state index contributed by atoms with van der Waals surface area (Å²) in [7, 11) is -3.87. The van der Waals surface area contributed by atoms with Gasteiger partial charge < -0.3 is 4.90 Å². The zero-order chi connectivity index (χ0) is 19.6. The maximum Gasteiger partial charge on any atom is 0.254 e. The van der Waals surface area contributed by atoms with Gasteiger partial charge in [0.15, 0.2) is 11.6 Å². The molecule has 0 atom stereocenters. The minimum absolute atomic E-state index is 0.0000308. The fourth-order valence-corrected chi connectivity index (χ4v) is 4.43. The maximum atomic E-state index is 13.3. The molecule has 1 aliphatic heterocycles. The summed E-state index contributed by atoms with van der Waals surface area (Å²) in [6.45, 7) is 0.284.